The van der Waals surface area contributed by atoms with Crippen molar-refractivity contribution in [2.75, 3.05) is 5.73 Å². The molecule has 76 valence electrons. The van der Waals surface area contributed by atoms with Crippen LogP contribution in [0.25, 0.3) is 11.1 Å². The molecular weight excluding hydrogens is 196 g/mol. The highest BCUT2D eigenvalue weighted by Gasteiger charge is 2.10. The van der Waals surface area contributed by atoms with Crippen LogP contribution >= 0.6 is 0 Å². The smallest absolute Gasteiger partial charge is 0.133 e. The highest BCUT2D eigenvalue weighted by Crippen LogP contribution is 2.26. The van der Waals surface area contributed by atoms with Gasteiger partial charge in [0.25, 0.3) is 0 Å². The summed E-state index contributed by atoms with van der Waals surface area (Å²) < 4.78 is 26.8. The molecule has 0 radical (unpaired) electrons. The number of nitrogens with two attached hydrogens (primary N) is 1. The summed E-state index contributed by atoms with van der Waals surface area (Å²) in [6.07, 6.45) is 0. The normalized spacial score (nSPS) is 10.3. The summed E-state index contributed by atoms with van der Waals surface area (Å²) in [6, 6.07) is 10.3. The number of halogens is 2. The molecule has 0 unspecified atom stereocenters. The molecule has 0 saturated heterocycles. The topological polar surface area (TPSA) is 26.0 Å². The van der Waals surface area contributed by atoms with Crippen molar-refractivity contribution in [2.45, 2.75) is 0 Å². The summed E-state index contributed by atoms with van der Waals surface area (Å²) in [5.41, 5.74) is 6.45. The molecule has 3 heteroatoms. The molecule has 0 aromatic heterocycles. The van der Waals surface area contributed by atoms with E-state index in [9.17, 15) is 8.78 Å². The third-order valence-electron chi connectivity index (χ3n) is 2.14. The standard InChI is InChI=1S/C12H9F2N/c13-10-5-2-6-11(14)12(10)8-3-1-4-9(15)7-8/h1-7H,15H2. The molecule has 0 fully saturated rings. The van der Waals surface area contributed by atoms with E-state index in [0.29, 0.717) is 11.3 Å². The lowest BCUT2D eigenvalue weighted by Gasteiger charge is -2.05. The van der Waals surface area contributed by atoms with Crippen LogP contribution < -0.4 is 5.73 Å². The zero-order valence-electron chi connectivity index (χ0n) is 7.87. The third-order valence-corrected chi connectivity index (χ3v) is 2.14. The van der Waals surface area contributed by atoms with Crippen molar-refractivity contribution in [2.24, 2.45) is 0 Å². The Kier molecular flexibility index (Phi) is 2.37. The molecule has 0 aliphatic heterocycles. The Hall–Kier alpha value is -1.90. The molecule has 0 aliphatic carbocycles. The average molecular weight is 205 g/mol. The Bertz CT molecular complexity index is 474. The van der Waals surface area contributed by atoms with E-state index in [-0.39, 0.29) is 5.56 Å². The van der Waals surface area contributed by atoms with Gasteiger partial charge in [0.15, 0.2) is 0 Å². The van der Waals surface area contributed by atoms with Gasteiger partial charge in [-0.25, -0.2) is 8.78 Å². The van der Waals surface area contributed by atoms with Gasteiger partial charge in [-0.1, -0.05) is 18.2 Å². The molecule has 0 heterocycles. The lowest BCUT2D eigenvalue weighted by atomic mass is 10.0. The van der Waals surface area contributed by atoms with Crippen molar-refractivity contribution in [3.05, 3.63) is 54.1 Å². The molecule has 0 saturated carbocycles. The van der Waals surface area contributed by atoms with Crippen molar-refractivity contribution < 1.29 is 8.78 Å². The Morgan fingerprint density at radius 2 is 1.47 bits per heavy atom. The van der Waals surface area contributed by atoms with E-state index in [1.54, 1.807) is 24.3 Å². The highest BCUT2D eigenvalue weighted by atomic mass is 19.1. The number of hydrogen-bond donors (Lipinski definition) is 1. The van der Waals surface area contributed by atoms with Gasteiger partial charge in [-0.3, -0.25) is 0 Å². The molecule has 0 spiro atoms. The maximum Gasteiger partial charge on any atom is 0.133 e. The molecule has 0 amide bonds. The van der Waals surface area contributed by atoms with Gasteiger partial charge in [0.05, 0.1) is 5.56 Å². The van der Waals surface area contributed by atoms with E-state index < -0.39 is 11.6 Å². The Morgan fingerprint density at radius 3 is 2.07 bits per heavy atom. The van der Waals surface area contributed by atoms with Gasteiger partial charge in [0.1, 0.15) is 11.6 Å². The SMILES string of the molecule is Nc1cccc(-c2c(F)cccc2F)c1. The zero-order chi connectivity index (χ0) is 10.8. The van der Waals surface area contributed by atoms with Crippen molar-refractivity contribution in [3.8, 4) is 11.1 Å². The molecule has 2 aromatic rings. The van der Waals surface area contributed by atoms with Gasteiger partial charge in [-0.2, -0.15) is 0 Å². The summed E-state index contributed by atoms with van der Waals surface area (Å²) in [5, 5.41) is 0. The van der Waals surface area contributed by atoms with Crippen LogP contribution in [0.1, 0.15) is 0 Å². The minimum atomic E-state index is -0.583. The predicted octanol–water partition coefficient (Wildman–Crippen LogP) is 3.21. The monoisotopic (exact) mass is 205 g/mol. The fourth-order valence-corrected chi connectivity index (χ4v) is 1.47. The molecule has 0 atom stereocenters. The number of nitrogen functional groups attached to an aromatic ring is 1. The highest BCUT2D eigenvalue weighted by molar-refractivity contribution is 5.68. The minimum absolute atomic E-state index is 0.0372. The maximum atomic E-state index is 13.4. The molecule has 2 aromatic carbocycles. The van der Waals surface area contributed by atoms with E-state index in [1.807, 2.05) is 0 Å². The Morgan fingerprint density at radius 1 is 0.867 bits per heavy atom. The summed E-state index contributed by atoms with van der Waals surface area (Å²) >= 11 is 0. The molecular formula is C12H9F2N. The first-order valence-electron chi connectivity index (χ1n) is 4.48. The quantitative estimate of drug-likeness (QED) is 0.711. The fourth-order valence-electron chi connectivity index (χ4n) is 1.47. The molecule has 2 N–H and O–H groups in total. The second-order valence-electron chi connectivity index (χ2n) is 3.22. The van der Waals surface area contributed by atoms with Gasteiger partial charge in [-0.15, -0.1) is 0 Å². The van der Waals surface area contributed by atoms with E-state index in [1.165, 1.54) is 18.2 Å². The van der Waals surface area contributed by atoms with Gasteiger partial charge in [0.2, 0.25) is 0 Å². The van der Waals surface area contributed by atoms with Crippen LogP contribution in [0.15, 0.2) is 42.5 Å². The van der Waals surface area contributed by atoms with Crippen LogP contribution in [0, 0.1) is 11.6 Å². The van der Waals surface area contributed by atoms with Crippen molar-refractivity contribution >= 4 is 5.69 Å². The van der Waals surface area contributed by atoms with Gasteiger partial charge >= 0.3 is 0 Å². The largest absolute Gasteiger partial charge is 0.399 e. The second kappa shape index (κ2) is 3.69. The number of rotatable bonds is 1. The zero-order valence-corrected chi connectivity index (χ0v) is 7.87. The first-order chi connectivity index (χ1) is 7.18. The van der Waals surface area contributed by atoms with E-state index in [4.69, 9.17) is 5.73 Å². The van der Waals surface area contributed by atoms with Crippen molar-refractivity contribution in [1.82, 2.24) is 0 Å². The van der Waals surface area contributed by atoms with E-state index in [0.717, 1.165) is 0 Å². The average Bonchev–Trinajstić information content (AvgIpc) is 2.17. The lowest BCUT2D eigenvalue weighted by molar-refractivity contribution is 0.589. The van der Waals surface area contributed by atoms with Crippen molar-refractivity contribution in [3.63, 3.8) is 0 Å². The first-order valence-corrected chi connectivity index (χ1v) is 4.48. The fraction of sp³-hybridized carbons (Fsp3) is 0. The van der Waals surface area contributed by atoms with Crippen LogP contribution in [0.2, 0.25) is 0 Å². The van der Waals surface area contributed by atoms with E-state index in [2.05, 4.69) is 0 Å². The lowest BCUT2D eigenvalue weighted by Crippen LogP contribution is -1.91. The molecule has 2 rings (SSSR count). The van der Waals surface area contributed by atoms with Gasteiger partial charge in [0, 0.05) is 5.69 Å². The van der Waals surface area contributed by atoms with Crippen LogP contribution in [0.4, 0.5) is 14.5 Å². The maximum absolute atomic E-state index is 13.4. The Labute approximate surface area is 86.2 Å². The second-order valence-corrected chi connectivity index (χ2v) is 3.22. The van der Waals surface area contributed by atoms with Crippen LogP contribution in [-0.4, -0.2) is 0 Å². The third kappa shape index (κ3) is 1.81. The summed E-state index contributed by atoms with van der Waals surface area (Å²) in [6.45, 7) is 0. The Balaban J connectivity index is 2.63. The van der Waals surface area contributed by atoms with E-state index >= 15 is 0 Å². The first kappa shape index (κ1) is 9.65. The molecule has 0 bridgehead atoms. The summed E-state index contributed by atoms with van der Waals surface area (Å²) in [5.74, 6) is -1.17. The van der Waals surface area contributed by atoms with Gasteiger partial charge < -0.3 is 5.73 Å². The number of benzene rings is 2. The van der Waals surface area contributed by atoms with Crippen LogP contribution in [0.5, 0.6) is 0 Å². The van der Waals surface area contributed by atoms with Crippen LogP contribution in [0.3, 0.4) is 0 Å². The molecule has 0 aliphatic rings. The summed E-state index contributed by atoms with van der Waals surface area (Å²) in [4.78, 5) is 0. The number of anilines is 1. The van der Waals surface area contributed by atoms with Crippen LogP contribution in [-0.2, 0) is 0 Å². The van der Waals surface area contributed by atoms with Crippen molar-refractivity contribution in [1.29, 1.82) is 0 Å². The minimum Gasteiger partial charge on any atom is -0.399 e. The van der Waals surface area contributed by atoms with Gasteiger partial charge in [-0.05, 0) is 29.8 Å². The predicted molar refractivity (Wildman–Crippen MR) is 56.2 cm³/mol. The molecule has 15 heavy (non-hydrogen) atoms. The summed E-state index contributed by atoms with van der Waals surface area (Å²) in [7, 11) is 0. The molecule has 1 nitrogen and oxygen atoms in total. The number of hydrogen-bond acceptors (Lipinski definition) is 1.